The maximum atomic E-state index is 12.3. The van der Waals surface area contributed by atoms with Gasteiger partial charge in [0, 0.05) is 11.3 Å². The van der Waals surface area contributed by atoms with Gasteiger partial charge in [0.2, 0.25) is 0 Å². The molecule has 0 bridgehead atoms. The first-order chi connectivity index (χ1) is 12.0. The molecule has 2 aromatic rings. The van der Waals surface area contributed by atoms with Crippen LogP contribution in [0.5, 0.6) is 5.75 Å². The van der Waals surface area contributed by atoms with Crippen LogP contribution >= 0.6 is 15.9 Å². The van der Waals surface area contributed by atoms with Gasteiger partial charge in [-0.05, 0) is 64.8 Å². The monoisotopic (exact) mass is 405 g/mol. The SMILES string of the molecule is CCCCOC(=O)c1ccc(NC(=O)c2ccc(OC)c(Br)c2)cc1. The maximum Gasteiger partial charge on any atom is 0.338 e. The third-order valence-corrected chi connectivity index (χ3v) is 4.14. The number of carbonyl (C=O) groups excluding carboxylic acids is 2. The van der Waals surface area contributed by atoms with Crippen LogP contribution in [0.2, 0.25) is 0 Å². The highest BCUT2D eigenvalue weighted by molar-refractivity contribution is 9.10. The fraction of sp³-hybridized carbons (Fsp3) is 0.263. The number of rotatable bonds is 7. The van der Waals surface area contributed by atoms with E-state index in [2.05, 4.69) is 21.2 Å². The van der Waals surface area contributed by atoms with Crippen LogP contribution in [0, 0.1) is 0 Å². The summed E-state index contributed by atoms with van der Waals surface area (Å²) < 4.78 is 11.0. The summed E-state index contributed by atoms with van der Waals surface area (Å²) in [6.07, 6.45) is 1.82. The highest BCUT2D eigenvalue weighted by Crippen LogP contribution is 2.26. The molecule has 0 radical (unpaired) electrons. The minimum Gasteiger partial charge on any atom is -0.496 e. The average molecular weight is 406 g/mol. The zero-order valence-corrected chi connectivity index (χ0v) is 15.8. The summed E-state index contributed by atoms with van der Waals surface area (Å²) in [4.78, 5) is 24.1. The van der Waals surface area contributed by atoms with Crippen molar-refractivity contribution in [2.45, 2.75) is 19.8 Å². The molecule has 0 unspecified atom stereocenters. The summed E-state index contributed by atoms with van der Waals surface area (Å²) in [6, 6.07) is 11.7. The molecule has 0 fully saturated rings. The highest BCUT2D eigenvalue weighted by atomic mass is 79.9. The Hall–Kier alpha value is -2.34. The van der Waals surface area contributed by atoms with Crippen molar-refractivity contribution in [2.24, 2.45) is 0 Å². The van der Waals surface area contributed by atoms with Crippen LogP contribution in [0.25, 0.3) is 0 Å². The number of methoxy groups -OCH3 is 1. The van der Waals surface area contributed by atoms with Gasteiger partial charge in [0.05, 0.1) is 23.8 Å². The molecule has 0 heterocycles. The minimum atomic E-state index is -0.356. The van der Waals surface area contributed by atoms with Crippen molar-refractivity contribution in [3.63, 3.8) is 0 Å². The van der Waals surface area contributed by atoms with Gasteiger partial charge in [-0.2, -0.15) is 0 Å². The first kappa shape index (κ1) is 19.0. The Morgan fingerprint density at radius 1 is 1.08 bits per heavy atom. The first-order valence-electron chi connectivity index (χ1n) is 7.97. The summed E-state index contributed by atoms with van der Waals surface area (Å²) in [6.45, 7) is 2.45. The fourth-order valence-electron chi connectivity index (χ4n) is 2.09. The van der Waals surface area contributed by atoms with E-state index >= 15 is 0 Å². The van der Waals surface area contributed by atoms with E-state index in [1.165, 1.54) is 0 Å². The molecule has 5 nitrogen and oxygen atoms in total. The summed E-state index contributed by atoms with van der Waals surface area (Å²) in [5.74, 6) is 0.0505. The molecule has 0 aliphatic heterocycles. The van der Waals surface area contributed by atoms with Crippen LogP contribution in [0.3, 0.4) is 0 Å². The smallest absolute Gasteiger partial charge is 0.338 e. The molecule has 0 atom stereocenters. The molecule has 0 aromatic heterocycles. The van der Waals surface area contributed by atoms with Crippen LogP contribution in [-0.4, -0.2) is 25.6 Å². The number of hydrogen-bond donors (Lipinski definition) is 1. The second-order valence-corrected chi connectivity index (χ2v) is 6.22. The van der Waals surface area contributed by atoms with Gasteiger partial charge in [-0.1, -0.05) is 13.3 Å². The van der Waals surface area contributed by atoms with Crippen LogP contribution in [0.1, 0.15) is 40.5 Å². The van der Waals surface area contributed by atoms with Gasteiger partial charge in [-0.3, -0.25) is 4.79 Å². The average Bonchev–Trinajstić information content (AvgIpc) is 2.62. The summed E-state index contributed by atoms with van der Waals surface area (Å²) >= 11 is 3.36. The zero-order chi connectivity index (χ0) is 18.2. The van der Waals surface area contributed by atoms with Crippen LogP contribution in [-0.2, 0) is 4.74 Å². The molecule has 1 amide bonds. The summed E-state index contributed by atoms with van der Waals surface area (Å²) in [5.41, 5.74) is 1.55. The number of nitrogens with one attached hydrogen (secondary N) is 1. The number of halogens is 1. The Kier molecular flexibility index (Phi) is 7.01. The van der Waals surface area contributed by atoms with Gasteiger partial charge in [-0.25, -0.2) is 4.79 Å². The van der Waals surface area contributed by atoms with Crippen molar-refractivity contribution in [1.29, 1.82) is 0 Å². The number of ether oxygens (including phenoxy) is 2. The van der Waals surface area contributed by atoms with Crippen molar-refractivity contribution < 1.29 is 19.1 Å². The molecule has 6 heteroatoms. The lowest BCUT2D eigenvalue weighted by atomic mass is 10.1. The van der Waals surface area contributed by atoms with Gasteiger partial charge in [-0.15, -0.1) is 0 Å². The molecule has 0 saturated carbocycles. The number of unbranched alkanes of at least 4 members (excludes halogenated alkanes) is 1. The van der Waals surface area contributed by atoms with Gasteiger partial charge >= 0.3 is 5.97 Å². The lowest BCUT2D eigenvalue weighted by Gasteiger charge is -2.09. The third kappa shape index (κ3) is 5.32. The second-order valence-electron chi connectivity index (χ2n) is 5.37. The Balaban J connectivity index is 1.99. The molecule has 0 spiro atoms. The Morgan fingerprint density at radius 3 is 2.36 bits per heavy atom. The van der Waals surface area contributed by atoms with E-state index in [1.807, 2.05) is 6.92 Å². The van der Waals surface area contributed by atoms with Crippen molar-refractivity contribution >= 4 is 33.5 Å². The van der Waals surface area contributed by atoms with Gasteiger partial charge in [0.15, 0.2) is 0 Å². The molecule has 132 valence electrons. The van der Waals surface area contributed by atoms with E-state index in [-0.39, 0.29) is 11.9 Å². The molecule has 2 rings (SSSR count). The third-order valence-electron chi connectivity index (χ3n) is 3.52. The van der Waals surface area contributed by atoms with E-state index in [4.69, 9.17) is 9.47 Å². The number of amides is 1. The molecule has 0 aliphatic carbocycles. The highest BCUT2D eigenvalue weighted by Gasteiger charge is 2.11. The number of esters is 1. The molecule has 1 N–H and O–H groups in total. The van der Waals surface area contributed by atoms with Crippen molar-refractivity contribution in [2.75, 3.05) is 19.0 Å². The fourth-order valence-corrected chi connectivity index (χ4v) is 2.63. The summed E-state index contributed by atoms with van der Waals surface area (Å²) in [7, 11) is 1.56. The number of hydrogen-bond acceptors (Lipinski definition) is 4. The first-order valence-corrected chi connectivity index (χ1v) is 8.76. The van der Waals surface area contributed by atoms with E-state index < -0.39 is 0 Å². The predicted molar refractivity (Wildman–Crippen MR) is 100 cm³/mol. The number of anilines is 1. The zero-order valence-electron chi connectivity index (χ0n) is 14.2. The van der Waals surface area contributed by atoms with Gasteiger partial charge < -0.3 is 14.8 Å². The molecular formula is C19H20BrNO4. The van der Waals surface area contributed by atoms with Crippen LogP contribution in [0.4, 0.5) is 5.69 Å². The predicted octanol–water partition coefficient (Wildman–Crippen LogP) is 4.67. The molecular weight excluding hydrogens is 386 g/mol. The second kappa shape index (κ2) is 9.22. The van der Waals surface area contributed by atoms with E-state index in [1.54, 1.807) is 49.6 Å². The lowest BCUT2D eigenvalue weighted by Crippen LogP contribution is -2.12. The standard InChI is InChI=1S/C19H20BrNO4/c1-3-4-11-25-19(23)13-5-8-15(9-6-13)21-18(22)14-7-10-17(24-2)16(20)12-14/h5-10,12H,3-4,11H2,1-2H3,(H,21,22). The molecule has 0 aliphatic rings. The van der Waals surface area contributed by atoms with Crippen LogP contribution in [0.15, 0.2) is 46.9 Å². The van der Waals surface area contributed by atoms with Crippen LogP contribution < -0.4 is 10.1 Å². The number of carbonyl (C=O) groups is 2. The maximum absolute atomic E-state index is 12.3. The Morgan fingerprint density at radius 2 is 1.76 bits per heavy atom. The van der Waals surface area contributed by atoms with Crippen molar-refractivity contribution in [1.82, 2.24) is 0 Å². The van der Waals surface area contributed by atoms with Crippen molar-refractivity contribution in [3.05, 3.63) is 58.1 Å². The Labute approximate surface area is 155 Å². The Bertz CT molecular complexity index is 744. The minimum absolute atomic E-state index is 0.248. The summed E-state index contributed by atoms with van der Waals surface area (Å²) in [5, 5.41) is 2.79. The quantitative estimate of drug-likeness (QED) is 0.536. The molecule has 2 aromatic carbocycles. The van der Waals surface area contributed by atoms with E-state index in [0.29, 0.717) is 33.6 Å². The normalized spacial score (nSPS) is 10.2. The largest absolute Gasteiger partial charge is 0.496 e. The van der Waals surface area contributed by atoms with E-state index in [9.17, 15) is 9.59 Å². The molecule has 25 heavy (non-hydrogen) atoms. The number of benzene rings is 2. The van der Waals surface area contributed by atoms with Gasteiger partial charge in [0.25, 0.3) is 5.91 Å². The lowest BCUT2D eigenvalue weighted by molar-refractivity contribution is 0.0499. The van der Waals surface area contributed by atoms with Crippen molar-refractivity contribution in [3.8, 4) is 5.75 Å². The molecule has 0 saturated heterocycles. The van der Waals surface area contributed by atoms with Gasteiger partial charge in [0.1, 0.15) is 5.75 Å². The van der Waals surface area contributed by atoms with E-state index in [0.717, 1.165) is 12.8 Å². The topological polar surface area (TPSA) is 64.6 Å².